The molecule has 0 aromatic heterocycles. The lowest BCUT2D eigenvalue weighted by Crippen LogP contribution is -2.31. The lowest BCUT2D eigenvalue weighted by Gasteiger charge is -2.19. The van der Waals surface area contributed by atoms with Crippen molar-refractivity contribution in [1.29, 1.82) is 0 Å². The van der Waals surface area contributed by atoms with Gasteiger partial charge in [-0.2, -0.15) is 0 Å². The normalized spacial score (nSPS) is 24.6. The van der Waals surface area contributed by atoms with E-state index in [1.54, 1.807) is 0 Å². The second kappa shape index (κ2) is 5.48. The molecule has 0 saturated carbocycles. The lowest BCUT2D eigenvalue weighted by molar-refractivity contribution is -0.133. The van der Waals surface area contributed by atoms with E-state index in [1.165, 1.54) is 6.42 Å². The highest BCUT2D eigenvalue weighted by Crippen LogP contribution is 2.21. The number of carbonyl (C=O) groups is 1. The summed E-state index contributed by atoms with van der Waals surface area (Å²) in [6.45, 7) is 0.927. The molecule has 13 heavy (non-hydrogen) atoms. The zero-order valence-corrected chi connectivity index (χ0v) is 9.02. The number of alkyl halides is 1. The van der Waals surface area contributed by atoms with Crippen LogP contribution in [0.4, 0.5) is 0 Å². The van der Waals surface area contributed by atoms with Crippen molar-refractivity contribution in [1.82, 2.24) is 4.90 Å². The summed E-state index contributed by atoms with van der Waals surface area (Å²) >= 11 is 5.62. The number of hydrogen-bond acceptors (Lipinski definition) is 1. The van der Waals surface area contributed by atoms with Crippen molar-refractivity contribution in [3.8, 4) is 0 Å². The van der Waals surface area contributed by atoms with Gasteiger partial charge < -0.3 is 4.90 Å². The van der Waals surface area contributed by atoms with Gasteiger partial charge in [-0.15, -0.1) is 11.6 Å². The first kappa shape index (κ1) is 10.8. The van der Waals surface area contributed by atoms with Crippen LogP contribution in [-0.4, -0.2) is 30.3 Å². The second-order valence-corrected chi connectivity index (χ2v) is 4.16. The molecule has 76 valence electrons. The molecule has 0 aromatic carbocycles. The smallest absolute Gasteiger partial charge is 0.225 e. The molecule has 3 heteroatoms. The molecule has 1 aliphatic rings. The Hall–Kier alpha value is -0.240. The Labute approximate surface area is 85.2 Å². The molecule has 0 spiro atoms. The van der Waals surface area contributed by atoms with Crippen molar-refractivity contribution >= 4 is 17.5 Å². The van der Waals surface area contributed by atoms with Crippen molar-refractivity contribution in [2.24, 2.45) is 5.92 Å². The van der Waals surface area contributed by atoms with Crippen LogP contribution in [0.15, 0.2) is 0 Å². The Balaban J connectivity index is 2.44. The van der Waals surface area contributed by atoms with E-state index in [-0.39, 0.29) is 5.92 Å². The quantitative estimate of drug-likeness (QED) is 0.645. The number of likely N-dealkylation sites (tertiary alicyclic amines) is 1. The first-order chi connectivity index (χ1) is 6.25. The van der Waals surface area contributed by atoms with Gasteiger partial charge in [0.1, 0.15) is 0 Å². The molecule has 1 amide bonds. The van der Waals surface area contributed by atoms with Gasteiger partial charge >= 0.3 is 0 Å². The van der Waals surface area contributed by atoms with Gasteiger partial charge in [-0.3, -0.25) is 4.79 Å². The average molecular weight is 204 g/mol. The number of halogens is 1. The summed E-state index contributed by atoms with van der Waals surface area (Å²) in [4.78, 5) is 13.6. The maximum atomic E-state index is 11.7. The maximum Gasteiger partial charge on any atom is 0.225 e. The van der Waals surface area contributed by atoms with Crippen LogP contribution in [0.5, 0.6) is 0 Å². The van der Waals surface area contributed by atoms with Gasteiger partial charge in [0.15, 0.2) is 0 Å². The Bertz CT molecular complexity index is 172. The van der Waals surface area contributed by atoms with E-state index in [4.69, 9.17) is 11.6 Å². The van der Waals surface area contributed by atoms with Gasteiger partial charge in [0.05, 0.1) is 0 Å². The minimum absolute atomic E-state index is 0.242. The molecule has 1 fully saturated rings. The van der Waals surface area contributed by atoms with Crippen molar-refractivity contribution < 1.29 is 4.79 Å². The third-order valence-corrected chi connectivity index (χ3v) is 2.98. The molecule has 1 atom stereocenters. The third kappa shape index (κ3) is 3.18. The summed E-state index contributed by atoms with van der Waals surface area (Å²) in [7, 11) is 1.90. The van der Waals surface area contributed by atoms with Crippen LogP contribution < -0.4 is 0 Å². The molecule has 2 nitrogen and oxygen atoms in total. The van der Waals surface area contributed by atoms with Crippen LogP contribution in [-0.2, 0) is 4.79 Å². The monoisotopic (exact) mass is 203 g/mol. The van der Waals surface area contributed by atoms with Gasteiger partial charge in [-0.25, -0.2) is 0 Å². The van der Waals surface area contributed by atoms with Crippen molar-refractivity contribution in [3.05, 3.63) is 0 Å². The molecule has 0 bridgehead atoms. The molecule has 1 heterocycles. The van der Waals surface area contributed by atoms with Crippen LogP contribution in [0.1, 0.15) is 32.1 Å². The van der Waals surface area contributed by atoms with Crippen LogP contribution in [0.25, 0.3) is 0 Å². The fourth-order valence-electron chi connectivity index (χ4n) is 1.88. The highest BCUT2D eigenvalue weighted by molar-refractivity contribution is 6.17. The summed E-state index contributed by atoms with van der Waals surface area (Å²) in [5.74, 6) is 1.24. The predicted octanol–water partition coefficient (Wildman–Crippen LogP) is 2.26. The molecule has 1 unspecified atom stereocenters. The largest absolute Gasteiger partial charge is 0.346 e. The molecule has 1 rings (SSSR count). The Kier molecular flexibility index (Phi) is 4.57. The highest BCUT2D eigenvalue weighted by Gasteiger charge is 2.23. The number of rotatable bonds is 3. The first-order valence-corrected chi connectivity index (χ1v) is 5.60. The molecule has 0 aromatic rings. The van der Waals surface area contributed by atoms with Crippen LogP contribution in [0, 0.1) is 5.92 Å². The second-order valence-electron chi connectivity index (χ2n) is 3.78. The van der Waals surface area contributed by atoms with E-state index < -0.39 is 0 Å². The fourth-order valence-corrected chi connectivity index (χ4v) is 2.03. The zero-order chi connectivity index (χ0) is 9.68. The molecular formula is C10H18ClNO. The number of amides is 1. The van der Waals surface area contributed by atoms with Gasteiger partial charge in [0.25, 0.3) is 0 Å². The molecule has 1 saturated heterocycles. The summed E-state index contributed by atoms with van der Waals surface area (Å²) in [5.41, 5.74) is 0. The third-order valence-electron chi connectivity index (χ3n) is 2.71. The van der Waals surface area contributed by atoms with Gasteiger partial charge in [-0.1, -0.05) is 6.42 Å². The van der Waals surface area contributed by atoms with Crippen LogP contribution in [0.2, 0.25) is 0 Å². The maximum absolute atomic E-state index is 11.7. The standard InChI is InChI=1S/C10H18ClNO/c1-12-8-3-2-5-9(10(12)13)6-4-7-11/h9H,2-8H2,1H3. The zero-order valence-electron chi connectivity index (χ0n) is 8.26. The Morgan fingerprint density at radius 3 is 3.00 bits per heavy atom. The van der Waals surface area contributed by atoms with Gasteiger partial charge in [0, 0.05) is 25.4 Å². The van der Waals surface area contributed by atoms with E-state index in [2.05, 4.69) is 0 Å². The van der Waals surface area contributed by atoms with Crippen LogP contribution >= 0.6 is 11.6 Å². The Morgan fingerprint density at radius 2 is 2.31 bits per heavy atom. The summed E-state index contributed by atoms with van der Waals surface area (Å²) in [6, 6.07) is 0. The fraction of sp³-hybridized carbons (Fsp3) is 0.900. The molecule has 0 N–H and O–H groups in total. The summed E-state index contributed by atoms with van der Waals surface area (Å²) in [6.07, 6.45) is 5.32. The predicted molar refractivity (Wildman–Crippen MR) is 54.9 cm³/mol. The topological polar surface area (TPSA) is 20.3 Å². The Morgan fingerprint density at radius 1 is 1.54 bits per heavy atom. The van der Waals surface area contributed by atoms with Crippen LogP contribution in [0.3, 0.4) is 0 Å². The van der Waals surface area contributed by atoms with E-state index in [9.17, 15) is 4.79 Å². The highest BCUT2D eigenvalue weighted by atomic mass is 35.5. The van der Waals surface area contributed by atoms with Crippen molar-refractivity contribution in [3.63, 3.8) is 0 Å². The lowest BCUT2D eigenvalue weighted by atomic mass is 9.97. The summed E-state index contributed by atoms with van der Waals surface area (Å²) < 4.78 is 0. The average Bonchev–Trinajstić information content (AvgIpc) is 2.28. The minimum atomic E-state index is 0.242. The minimum Gasteiger partial charge on any atom is -0.346 e. The van der Waals surface area contributed by atoms with Crippen molar-refractivity contribution in [2.75, 3.05) is 19.5 Å². The van der Waals surface area contributed by atoms with Gasteiger partial charge in [-0.05, 0) is 25.7 Å². The number of carbonyl (C=O) groups excluding carboxylic acids is 1. The van der Waals surface area contributed by atoms with E-state index in [0.29, 0.717) is 11.8 Å². The summed E-state index contributed by atoms with van der Waals surface area (Å²) in [5, 5.41) is 0. The van der Waals surface area contributed by atoms with Crippen molar-refractivity contribution in [2.45, 2.75) is 32.1 Å². The van der Waals surface area contributed by atoms with Gasteiger partial charge in [0.2, 0.25) is 5.91 Å². The SMILES string of the molecule is CN1CCCCC(CCCCl)C1=O. The molecular weight excluding hydrogens is 186 g/mol. The van der Waals surface area contributed by atoms with E-state index in [1.807, 2.05) is 11.9 Å². The number of hydrogen-bond donors (Lipinski definition) is 0. The molecule has 0 radical (unpaired) electrons. The first-order valence-electron chi connectivity index (χ1n) is 5.06. The molecule has 0 aliphatic carbocycles. The molecule has 1 aliphatic heterocycles. The van der Waals surface area contributed by atoms with E-state index >= 15 is 0 Å². The van der Waals surface area contributed by atoms with E-state index in [0.717, 1.165) is 32.2 Å². The number of nitrogens with zero attached hydrogens (tertiary/aromatic N) is 1.